The number of rotatable bonds is 12. The standard InChI is InChI=1S/C41H46N8O6S/c1-5-8-11-18-47-26-45(4)27-48(40(47)53)39-44-33-23-29(30-24-42-38(43-25-30)46-19-16-41(6-2,17-20-46)37(52)54-7-3)22-28(34(33)56-39)13-12-21-55-49-35(50)31-14-9-10-15-32(31)36(49)51/h9-10,14-15,22-25H,5-8,11,16-21,26-27H2,1-4H3. The van der Waals surface area contributed by atoms with Crippen molar-refractivity contribution in [3.63, 3.8) is 0 Å². The molecule has 2 aromatic heterocycles. The number of amides is 4. The van der Waals surface area contributed by atoms with Crippen molar-refractivity contribution in [2.75, 3.05) is 63.0 Å². The van der Waals surface area contributed by atoms with E-state index in [0.29, 0.717) is 74.6 Å². The van der Waals surface area contributed by atoms with Crippen LogP contribution in [0.2, 0.25) is 0 Å². The molecule has 3 aliphatic heterocycles. The number of carbonyl (C=O) groups excluding carboxylic acids is 4. The lowest BCUT2D eigenvalue weighted by molar-refractivity contribution is -0.157. The lowest BCUT2D eigenvalue weighted by atomic mass is 9.76. The summed E-state index contributed by atoms with van der Waals surface area (Å²) in [5.74, 6) is 5.56. The maximum absolute atomic E-state index is 13.7. The summed E-state index contributed by atoms with van der Waals surface area (Å²) in [6.45, 7) is 9.07. The van der Waals surface area contributed by atoms with Crippen LogP contribution in [0.15, 0.2) is 48.8 Å². The second-order valence-corrected chi connectivity index (χ2v) is 15.3. The van der Waals surface area contributed by atoms with Gasteiger partial charge in [-0.3, -0.25) is 24.2 Å². The summed E-state index contributed by atoms with van der Waals surface area (Å²) in [4.78, 5) is 79.8. The molecule has 4 aromatic rings. The average Bonchev–Trinajstić information content (AvgIpc) is 3.76. The van der Waals surface area contributed by atoms with E-state index in [4.69, 9.17) is 24.5 Å². The molecule has 0 N–H and O–H groups in total. The van der Waals surface area contributed by atoms with Gasteiger partial charge in [0.1, 0.15) is 6.61 Å². The largest absolute Gasteiger partial charge is 0.466 e. The fraction of sp³-hybridized carbons (Fsp3) is 0.439. The van der Waals surface area contributed by atoms with Gasteiger partial charge in [0.15, 0.2) is 5.13 Å². The Morgan fingerprint density at radius 3 is 2.32 bits per heavy atom. The maximum Gasteiger partial charge on any atom is 0.328 e. The summed E-state index contributed by atoms with van der Waals surface area (Å²) in [7, 11) is 1.98. The molecule has 15 heteroatoms. The molecule has 2 fully saturated rings. The first-order valence-corrected chi connectivity index (χ1v) is 20.0. The summed E-state index contributed by atoms with van der Waals surface area (Å²) < 4.78 is 6.18. The lowest BCUT2D eigenvalue weighted by Crippen LogP contribution is -2.57. The van der Waals surface area contributed by atoms with Crippen LogP contribution in [0.4, 0.5) is 15.9 Å². The highest BCUT2D eigenvalue weighted by Crippen LogP contribution is 2.38. The number of thiazole rings is 1. The highest BCUT2D eigenvalue weighted by molar-refractivity contribution is 7.22. The molecule has 0 unspecified atom stereocenters. The Morgan fingerprint density at radius 2 is 1.66 bits per heavy atom. The number of anilines is 2. The Balaban J connectivity index is 1.15. The van der Waals surface area contributed by atoms with Gasteiger partial charge in [0.2, 0.25) is 5.95 Å². The molecule has 0 atom stereocenters. The number of piperidine rings is 1. The number of unbranched alkanes of at least 4 members (excludes halogenated alkanes) is 2. The Morgan fingerprint density at radius 1 is 0.946 bits per heavy atom. The van der Waals surface area contributed by atoms with E-state index in [1.807, 2.05) is 37.9 Å². The fourth-order valence-electron chi connectivity index (χ4n) is 7.39. The molecule has 14 nitrogen and oxygen atoms in total. The van der Waals surface area contributed by atoms with E-state index < -0.39 is 17.2 Å². The Kier molecular flexibility index (Phi) is 11.6. The summed E-state index contributed by atoms with van der Waals surface area (Å²) in [5, 5.41) is 1.31. The van der Waals surface area contributed by atoms with Gasteiger partial charge in [-0.05, 0) is 69.5 Å². The number of hydrogen-bond donors (Lipinski definition) is 0. The van der Waals surface area contributed by atoms with Crippen LogP contribution >= 0.6 is 11.3 Å². The smallest absolute Gasteiger partial charge is 0.328 e. The van der Waals surface area contributed by atoms with Gasteiger partial charge in [0, 0.05) is 43.2 Å². The first-order chi connectivity index (χ1) is 27.2. The van der Waals surface area contributed by atoms with Crippen LogP contribution in [0.5, 0.6) is 0 Å². The highest BCUT2D eigenvalue weighted by Gasteiger charge is 2.42. The number of imide groups is 1. The third kappa shape index (κ3) is 7.69. The zero-order chi connectivity index (χ0) is 39.4. The predicted octanol–water partition coefficient (Wildman–Crippen LogP) is 6.17. The number of aromatic nitrogens is 3. The molecule has 0 bridgehead atoms. The summed E-state index contributed by atoms with van der Waals surface area (Å²) in [6, 6.07) is 10.4. The highest BCUT2D eigenvalue weighted by atomic mass is 32.1. The average molecular weight is 779 g/mol. The normalized spacial score (nSPS) is 17.0. The van der Waals surface area contributed by atoms with Crippen molar-refractivity contribution >= 4 is 56.4 Å². The third-order valence-electron chi connectivity index (χ3n) is 10.6. The van der Waals surface area contributed by atoms with Gasteiger partial charge >= 0.3 is 12.0 Å². The van der Waals surface area contributed by atoms with Crippen molar-refractivity contribution in [1.29, 1.82) is 0 Å². The number of nitrogens with zero attached hydrogens (tertiary/aromatic N) is 8. The summed E-state index contributed by atoms with van der Waals surface area (Å²) in [5.41, 5.74) is 2.92. The Labute approximate surface area is 330 Å². The van der Waals surface area contributed by atoms with E-state index in [9.17, 15) is 19.2 Å². The number of hydroxylamine groups is 2. The summed E-state index contributed by atoms with van der Waals surface area (Å²) >= 11 is 1.38. The van der Waals surface area contributed by atoms with Crippen LogP contribution in [0.25, 0.3) is 21.3 Å². The minimum atomic E-state index is -0.527. The second kappa shape index (κ2) is 16.7. The number of esters is 1. The first kappa shape index (κ1) is 38.8. The quantitative estimate of drug-likeness (QED) is 0.0706. The number of carbonyl (C=O) groups is 4. The number of benzene rings is 2. The molecule has 2 aromatic carbocycles. The fourth-order valence-corrected chi connectivity index (χ4v) is 8.40. The predicted molar refractivity (Wildman–Crippen MR) is 213 cm³/mol. The maximum atomic E-state index is 13.7. The van der Waals surface area contributed by atoms with E-state index >= 15 is 0 Å². The van der Waals surface area contributed by atoms with Gasteiger partial charge in [-0.15, -0.1) is 5.06 Å². The first-order valence-electron chi connectivity index (χ1n) is 19.2. The van der Waals surface area contributed by atoms with Crippen molar-refractivity contribution in [2.24, 2.45) is 5.41 Å². The molecule has 4 amide bonds. The Hall–Kier alpha value is -5.43. The Bertz CT molecular complexity index is 2150. The molecule has 2 saturated heterocycles. The third-order valence-corrected chi connectivity index (χ3v) is 11.8. The van der Waals surface area contributed by atoms with E-state index in [-0.39, 0.29) is 29.7 Å². The van der Waals surface area contributed by atoms with E-state index in [1.165, 1.54) is 11.3 Å². The number of ether oxygens (including phenoxy) is 1. The lowest BCUT2D eigenvalue weighted by Gasteiger charge is -2.39. The molecular weight excluding hydrogens is 733 g/mol. The van der Waals surface area contributed by atoms with Gasteiger partial charge in [-0.1, -0.05) is 62.0 Å². The SMILES string of the molecule is CCCCCN1CN(C)CN(c2nc3cc(-c4cnc(N5CCC(CC)(C(=O)OCC)CC5)nc4)cc(C#CCON4C(=O)c5ccccc5C4=O)c3s2)C1=O. The molecule has 292 valence electrons. The molecule has 0 radical (unpaired) electrons. The van der Waals surface area contributed by atoms with Gasteiger partial charge in [-0.25, -0.2) is 24.6 Å². The van der Waals surface area contributed by atoms with E-state index in [2.05, 4.69) is 28.6 Å². The topological polar surface area (TPSA) is 142 Å². The summed E-state index contributed by atoms with van der Waals surface area (Å²) in [6.07, 6.45) is 8.64. The van der Waals surface area contributed by atoms with Gasteiger partial charge in [-0.2, -0.15) is 0 Å². The van der Waals surface area contributed by atoms with E-state index in [0.717, 1.165) is 46.6 Å². The van der Waals surface area contributed by atoms with Crippen LogP contribution < -0.4 is 9.80 Å². The number of urea groups is 1. The van der Waals surface area contributed by atoms with Crippen LogP contribution in [0.3, 0.4) is 0 Å². The molecule has 3 aliphatic rings. The van der Waals surface area contributed by atoms with Gasteiger partial charge < -0.3 is 14.5 Å². The van der Waals surface area contributed by atoms with Crippen LogP contribution in [-0.4, -0.2) is 107 Å². The van der Waals surface area contributed by atoms with Crippen molar-refractivity contribution in [3.05, 3.63) is 65.5 Å². The van der Waals surface area contributed by atoms with Gasteiger partial charge in [0.25, 0.3) is 11.8 Å². The monoisotopic (exact) mass is 778 g/mol. The second-order valence-electron chi connectivity index (χ2n) is 14.3. The van der Waals surface area contributed by atoms with E-state index in [1.54, 1.807) is 41.6 Å². The molecular formula is C41H46N8O6S. The zero-order valence-electron chi connectivity index (χ0n) is 32.2. The van der Waals surface area contributed by atoms with Crippen LogP contribution in [0, 0.1) is 17.3 Å². The minimum Gasteiger partial charge on any atom is -0.466 e. The molecule has 0 saturated carbocycles. The molecule has 0 spiro atoms. The van der Waals surface area contributed by atoms with Gasteiger partial charge in [0.05, 0.1) is 46.7 Å². The van der Waals surface area contributed by atoms with Crippen molar-refractivity contribution < 1.29 is 28.8 Å². The van der Waals surface area contributed by atoms with Crippen LogP contribution in [0.1, 0.15) is 85.6 Å². The zero-order valence-corrected chi connectivity index (χ0v) is 33.1. The minimum absolute atomic E-state index is 0.0828. The number of hydrogen-bond acceptors (Lipinski definition) is 12. The van der Waals surface area contributed by atoms with Crippen molar-refractivity contribution in [2.45, 2.75) is 59.3 Å². The van der Waals surface area contributed by atoms with Crippen LogP contribution in [-0.2, 0) is 14.4 Å². The molecule has 0 aliphatic carbocycles. The van der Waals surface area contributed by atoms with Crippen molar-refractivity contribution in [1.82, 2.24) is 29.8 Å². The molecule has 7 rings (SSSR count). The molecule has 56 heavy (non-hydrogen) atoms. The molecule has 5 heterocycles. The van der Waals surface area contributed by atoms with Crippen molar-refractivity contribution in [3.8, 4) is 23.0 Å². The number of fused-ring (bicyclic) bond motifs is 2.